The summed E-state index contributed by atoms with van der Waals surface area (Å²) in [6, 6.07) is 0.371. The smallest absolute Gasteiger partial charge is 0.162 e. The van der Waals surface area contributed by atoms with Gasteiger partial charge in [-0.3, -0.25) is 4.79 Å². The second kappa shape index (κ2) is 2.45. The van der Waals surface area contributed by atoms with Gasteiger partial charge in [-0.2, -0.15) is 0 Å². The molecule has 0 spiro atoms. The van der Waals surface area contributed by atoms with Crippen LogP contribution in [0.25, 0.3) is 0 Å². The molecule has 0 aromatic carbocycles. The maximum Gasteiger partial charge on any atom is 0.162 e. The highest BCUT2D eigenvalue weighted by Crippen LogP contribution is 2.14. The van der Waals surface area contributed by atoms with E-state index in [9.17, 15) is 4.79 Å². The second-order valence-corrected chi connectivity index (χ2v) is 2.95. The lowest BCUT2D eigenvalue weighted by Gasteiger charge is -2.27. The summed E-state index contributed by atoms with van der Waals surface area (Å²) in [5.74, 6) is 0.283. The summed E-state index contributed by atoms with van der Waals surface area (Å²) in [6.45, 7) is 3.92. The Morgan fingerprint density at radius 2 is 2.30 bits per heavy atom. The van der Waals surface area contributed by atoms with Gasteiger partial charge in [-0.25, -0.2) is 0 Å². The predicted molar refractivity (Wildman–Crippen MR) is 40.6 cm³/mol. The summed E-state index contributed by atoms with van der Waals surface area (Å²) in [7, 11) is 2.00. The Morgan fingerprint density at radius 3 is 2.80 bits per heavy atom. The van der Waals surface area contributed by atoms with E-state index in [4.69, 9.17) is 0 Å². The minimum atomic E-state index is 0.283. The van der Waals surface area contributed by atoms with E-state index in [1.165, 1.54) is 0 Å². The van der Waals surface area contributed by atoms with E-state index in [0.717, 1.165) is 5.57 Å². The molecule has 56 valence electrons. The van der Waals surface area contributed by atoms with Crippen molar-refractivity contribution in [1.82, 2.24) is 4.90 Å². The van der Waals surface area contributed by atoms with Crippen LogP contribution in [0.15, 0.2) is 11.8 Å². The number of carbonyl (C=O) groups excluding carboxylic acids is 1. The summed E-state index contributed by atoms with van der Waals surface area (Å²) in [4.78, 5) is 13.1. The molecule has 0 N–H and O–H groups in total. The van der Waals surface area contributed by atoms with Gasteiger partial charge in [-0.1, -0.05) is 0 Å². The van der Waals surface area contributed by atoms with Crippen molar-refractivity contribution in [3.8, 4) is 0 Å². The van der Waals surface area contributed by atoms with Crippen LogP contribution in [0.3, 0.4) is 0 Å². The highest BCUT2D eigenvalue weighted by atomic mass is 16.1. The summed E-state index contributed by atoms with van der Waals surface area (Å²) < 4.78 is 0. The molecular weight excluding hydrogens is 126 g/mol. The number of rotatable bonds is 0. The maximum atomic E-state index is 11.1. The topological polar surface area (TPSA) is 20.3 Å². The highest BCUT2D eigenvalue weighted by molar-refractivity contribution is 5.95. The van der Waals surface area contributed by atoms with Crippen molar-refractivity contribution < 1.29 is 4.79 Å². The monoisotopic (exact) mass is 139 g/mol. The molecule has 1 aliphatic rings. The molecule has 1 heterocycles. The zero-order chi connectivity index (χ0) is 7.72. The fourth-order valence-corrected chi connectivity index (χ4v) is 1.08. The van der Waals surface area contributed by atoms with Gasteiger partial charge in [0.2, 0.25) is 0 Å². The first-order chi connectivity index (χ1) is 4.61. The van der Waals surface area contributed by atoms with Crippen molar-refractivity contribution in [2.24, 2.45) is 0 Å². The molecule has 2 nitrogen and oxygen atoms in total. The summed E-state index contributed by atoms with van der Waals surface area (Å²) in [6.07, 6.45) is 2.58. The third kappa shape index (κ3) is 1.20. The number of hydrogen-bond acceptors (Lipinski definition) is 2. The molecule has 0 saturated carbocycles. The van der Waals surface area contributed by atoms with E-state index in [-0.39, 0.29) is 5.78 Å². The second-order valence-electron chi connectivity index (χ2n) is 2.95. The first-order valence-electron chi connectivity index (χ1n) is 3.55. The molecule has 0 radical (unpaired) electrons. The molecule has 0 aliphatic carbocycles. The summed E-state index contributed by atoms with van der Waals surface area (Å²) >= 11 is 0. The van der Waals surface area contributed by atoms with Gasteiger partial charge in [0, 0.05) is 31.3 Å². The Kier molecular flexibility index (Phi) is 1.79. The third-order valence-electron chi connectivity index (χ3n) is 2.01. The normalized spacial score (nSPS) is 26.7. The molecule has 1 unspecified atom stereocenters. The number of hydrogen-bond donors (Lipinski definition) is 0. The Balaban J connectivity index is 2.79. The summed E-state index contributed by atoms with van der Waals surface area (Å²) in [5.41, 5.74) is 0.876. The maximum absolute atomic E-state index is 11.1. The molecule has 0 fully saturated rings. The fraction of sp³-hybridized carbons (Fsp3) is 0.625. The lowest BCUT2D eigenvalue weighted by atomic mass is 10.0. The number of Topliss-reactive ketones (excluding diaryl/α,β-unsaturated/α-hetero) is 1. The van der Waals surface area contributed by atoms with Crippen LogP contribution in [-0.2, 0) is 4.79 Å². The molecule has 0 aromatic rings. The van der Waals surface area contributed by atoms with Gasteiger partial charge in [0.25, 0.3) is 0 Å². The lowest BCUT2D eigenvalue weighted by Crippen LogP contribution is -2.31. The van der Waals surface area contributed by atoms with Crippen molar-refractivity contribution in [3.05, 3.63) is 11.8 Å². The first kappa shape index (κ1) is 7.32. The summed E-state index contributed by atoms with van der Waals surface area (Å²) in [5, 5.41) is 0. The van der Waals surface area contributed by atoms with Gasteiger partial charge in [-0.05, 0) is 13.8 Å². The van der Waals surface area contributed by atoms with Crippen LogP contribution in [0.2, 0.25) is 0 Å². The highest BCUT2D eigenvalue weighted by Gasteiger charge is 2.18. The molecular formula is C8H13NO. The minimum Gasteiger partial charge on any atom is -0.377 e. The quantitative estimate of drug-likeness (QED) is 0.502. The molecule has 0 amide bonds. The zero-order valence-corrected chi connectivity index (χ0v) is 6.72. The third-order valence-corrected chi connectivity index (χ3v) is 2.01. The molecule has 2 heteroatoms. The average molecular weight is 139 g/mol. The zero-order valence-electron chi connectivity index (χ0n) is 6.72. The lowest BCUT2D eigenvalue weighted by molar-refractivity contribution is -0.117. The van der Waals surface area contributed by atoms with E-state index in [2.05, 4.69) is 11.8 Å². The average Bonchev–Trinajstić information content (AvgIpc) is 1.84. The van der Waals surface area contributed by atoms with Gasteiger partial charge < -0.3 is 4.90 Å². The number of nitrogens with zero attached hydrogens (tertiary/aromatic N) is 1. The van der Waals surface area contributed by atoms with Crippen molar-refractivity contribution in [2.75, 3.05) is 7.05 Å². The molecule has 1 aliphatic heterocycles. The molecule has 1 atom stereocenters. The Bertz CT molecular complexity index is 184. The Labute approximate surface area is 61.5 Å². The molecule has 0 aromatic heterocycles. The Hall–Kier alpha value is -0.790. The van der Waals surface area contributed by atoms with Crippen LogP contribution >= 0.6 is 0 Å². The SMILES string of the molecule is CC1=CN(C)C(C)CC1=O. The van der Waals surface area contributed by atoms with Gasteiger partial charge in [0.1, 0.15) is 0 Å². The largest absolute Gasteiger partial charge is 0.377 e. The number of ketones is 1. The van der Waals surface area contributed by atoms with E-state index >= 15 is 0 Å². The van der Waals surface area contributed by atoms with E-state index in [0.29, 0.717) is 12.5 Å². The first-order valence-corrected chi connectivity index (χ1v) is 3.55. The predicted octanol–water partition coefficient (Wildman–Crippen LogP) is 1.18. The van der Waals surface area contributed by atoms with Crippen molar-refractivity contribution in [1.29, 1.82) is 0 Å². The van der Waals surface area contributed by atoms with Gasteiger partial charge in [-0.15, -0.1) is 0 Å². The number of allylic oxidation sites excluding steroid dienone is 1. The van der Waals surface area contributed by atoms with E-state index in [1.807, 2.05) is 20.2 Å². The van der Waals surface area contributed by atoms with E-state index in [1.54, 1.807) is 0 Å². The van der Waals surface area contributed by atoms with Gasteiger partial charge >= 0.3 is 0 Å². The van der Waals surface area contributed by atoms with Crippen LogP contribution in [0.1, 0.15) is 20.3 Å². The molecule has 0 saturated heterocycles. The van der Waals surface area contributed by atoms with Crippen LogP contribution in [-0.4, -0.2) is 23.8 Å². The van der Waals surface area contributed by atoms with Crippen LogP contribution < -0.4 is 0 Å². The van der Waals surface area contributed by atoms with Gasteiger partial charge in [0.05, 0.1) is 0 Å². The van der Waals surface area contributed by atoms with Crippen LogP contribution in [0, 0.1) is 0 Å². The molecule has 1 rings (SSSR count). The van der Waals surface area contributed by atoms with Crippen molar-refractivity contribution >= 4 is 5.78 Å². The Morgan fingerprint density at radius 1 is 1.70 bits per heavy atom. The fourth-order valence-electron chi connectivity index (χ4n) is 1.08. The van der Waals surface area contributed by atoms with Gasteiger partial charge in [0.15, 0.2) is 5.78 Å². The number of carbonyl (C=O) groups is 1. The van der Waals surface area contributed by atoms with Crippen molar-refractivity contribution in [2.45, 2.75) is 26.3 Å². The molecule has 10 heavy (non-hydrogen) atoms. The van der Waals surface area contributed by atoms with Crippen LogP contribution in [0.4, 0.5) is 0 Å². The molecule has 0 bridgehead atoms. The van der Waals surface area contributed by atoms with Crippen molar-refractivity contribution in [3.63, 3.8) is 0 Å². The standard InChI is InChI=1S/C8H13NO/c1-6-5-9(3)7(2)4-8(6)10/h5,7H,4H2,1-3H3. The van der Waals surface area contributed by atoms with E-state index < -0.39 is 0 Å². The minimum absolute atomic E-state index is 0.283. The van der Waals surface area contributed by atoms with Crippen LogP contribution in [0.5, 0.6) is 0 Å².